The number of hydrogen-bond donors (Lipinski definition) is 4. The van der Waals surface area contributed by atoms with Gasteiger partial charge in [-0.1, -0.05) is 11.6 Å². The van der Waals surface area contributed by atoms with E-state index in [2.05, 4.69) is 10.6 Å². The molecule has 1 aliphatic heterocycles. The number of carboxylic acids is 1. The lowest BCUT2D eigenvalue weighted by Gasteiger charge is -2.12. The van der Waals surface area contributed by atoms with Crippen LogP contribution in [0.1, 0.15) is 16.8 Å². The van der Waals surface area contributed by atoms with Crippen molar-refractivity contribution in [2.75, 3.05) is 11.9 Å². The zero-order valence-electron chi connectivity index (χ0n) is 9.89. The second-order valence-corrected chi connectivity index (χ2v) is 4.75. The predicted molar refractivity (Wildman–Crippen MR) is 69.5 cm³/mol. The molecule has 1 aliphatic rings. The number of amides is 1. The Morgan fingerprint density at radius 1 is 1.42 bits per heavy atom. The Morgan fingerprint density at radius 3 is 2.74 bits per heavy atom. The number of halogens is 1. The minimum Gasteiger partial charge on any atom is -0.478 e. The summed E-state index contributed by atoms with van der Waals surface area (Å²) < 4.78 is 0. The van der Waals surface area contributed by atoms with Crippen molar-refractivity contribution in [1.29, 1.82) is 0 Å². The summed E-state index contributed by atoms with van der Waals surface area (Å²) in [6.45, 7) is 0.362. The predicted octanol–water partition coefficient (Wildman–Crippen LogP) is 0.699. The van der Waals surface area contributed by atoms with Gasteiger partial charge in [0, 0.05) is 6.54 Å². The first-order valence-corrected chi connectivity index (χ1v) is 6.10. The van der Waals surface area contributed by atoms with Crippen molar-refractivity contribution >= 4 is 29.2 Å². The van der Waals surface area contributed by atoms with Crippen molar-refractivity contribution in [2.24, 2.45) is 0 Å². The molecule has 0 bridgehead atoms. The van der Waals surface area contributed by atoms with Crippen molar-refractivity contribution < 1.29 is 19.8 Å². The van der Waals surface area contributed by atoms with Gasteiger partial charge in [0.15, 0.2) is 0 Å². The van der Waals surface area contributed by atoms with Gasteiger partial charge in [-0.2, -0.15) is 0 Å². The molecule has 1 aromatic carbocycles. The standard InChI is InChI=1S/C12H13ClN2O4/c13-8-2-1-6(12(18)19)3-9(8)15-11(17)10-4-7(16)5-14-10/h1-3,7,10,14,16H,4-5H2,(H,15,17)(H,18,19). The van der Waals surface area contributed by atoms with Gasteiger partial charge in [-0.3, -0.25) is 4.79 Å². The first-order chi connectivity index (χ1) is 8.97. The van der Waals surface area contributed by atoms with E-state index in [4.69, 9.17) is 16.7 Å². The van der Waals surface area contributed by atoms with Crippen LogP contribution < -0.4 is 10.6 Å². The third-order valence-corrected chi connectivity index (χ3v) is 3.22. The lowest BCUT2D eigenvalue weighted by atomic mass is 10.1. The molecule has 2 rings (SSSR count). The molecule has 2 atom stereocenters. The quantitative estimate of drug-likeness (QED) is 0.655. The van der Waals surface area contributed by atoms with Crippen LogP contribution in [0.15, 0.2) is 18.2 Å². The van der Waals surface area contributed by atoms with Crippen LogP contribution >= 0.6 is 11.6 Å². The Morgan fingerprint density at radius 2 is 2.16 bits per heavy atom. The summed E-state index contributed by atoms with van der Waals surface area (Å²) in [5, 5.41) is 23.9. The van der Waals surface area contributed by atoms with Crippen LogP contribution in [0.4, 0.5) is 5.69 Å². The van der Waals surface area contributed by atoms with E-state index < -0.39 is 18.1 Å². The highest BCUT2D eigenvalue weighted by molar-refractivity contribution is 6.33. The van der Waals surface area contributed by atoms with Crippen molar-refractivity contribution in [1.82, 2.24) is 5.32 Å². The zero-order chi connectivity index (χ0) is 14.0. The van der Waals surface area contributed by atoms with Gasteiger partial charge in [0.25, 0.3) is 0 Å². The summed E-state index contributed by atoms with van der Waals surface area (Å²) in [5.41, 5.74) is 0.286. The molecule has 0 aliphatic carbocycles. The number of carboxylic acid groups (broad SMARTS) is 1. The molecule has 19 heavy (non-hydrogen) atoms. The smallest absolute Gasteiger partial charge is 0.335 e. The summed E-state index contributed by atoms with van der Waals surface area (Å²) in [6.07, 6.45) is -0.223. The molecule has 1 amide bonds. The maximum absolute atomic E-state index is 11.9. The van der Waals surface area contributed by atoms with Gasteiger partial charge in [-0.05, 0) is 24.6 Å². The number of aliphatic hydroxyl groups excluding tert-OH is 1. The topological polar surface area (TPSA) is 98.7 Å². The van der Waals surface area contributed by atoms with Gasteiger partial charge < -0.3 is 20.8 Å². The molecule has 1 heterocycles. The number of aromatic carboxylic acids is 1. The van der Waals surface area contributed by atoms with Crippen molar-refractivity contribution in [3.63, 3.8) is 0 Å². The second kappa shape index (κ2) is 5.56. The third-order valence-electron chi connectivity index (χ3n) is 2.90. The normalized spacial score (nSPS) is 22.2. The third kappa shape index (κ3) is 3.23. The first kappa shape index (κ1) is 13.8. The van der Waals surface area contributed by atoms with E-state index >= 15 is 0 Å². The maximum atomic E-state index is 11.9. The van der Waals surface area contributed by atoms with E-state index in [1.807, 2.05) is 0 Å². The van der Waals surface area contributed by atoms with Crippen molar-refractivity contribution in [3.05, 3.63) is 28.8 Å². The highest BCUT2D eigenvalue weighted by Gasteiger charge is 2.28. The molecule has 0 spiro atoms. The number of β-amino-alcohol motifs (C(OH)–C–C–N with tert-alkyl or cyclic N) is 1. The zero-order valence-corrected chi connectivity index (χ0v) is 10.6. The molecule has 6 nitrogen and oxygen atoms in total. The highest BCUT2D eigenvalue weighted by atomic mass is 35.5. The van der Waals surface area contributed by atoms with Gasteiger partial charge in [-0.25, -0.2) is 4.79 Å². The van der Waals surface area contributed by atoms with Crippen molar-refractivity contribution in [2.45, 2.75) is 18.6 Å². The number of nitrogens with one attached hydrogen (secondary N) is 2. The highest BCUT2D eigenvalue weighted by Crippen LogP contribution is 2.23. The van der Waals surface area contributed by atoms with Gasteiger partial charge in [0.05, 0.1) is 28.4 Å². The minimum absolute atomic E-state index is 0.0408. The lowest BCUT2D eigenvalue weighted by Crippen LogP contribution is -2.35. The second-order valence-electron chi connectivity index (χ2n) is 4.34. The Bertz CT molecular complexity index is 520. The molecule has 0 radical (unpaired) electrons. The maximum Gasteiger partial charge on any atom is 0.335 e. The molecule has 4 N–H and O–H groups in total. The molecular formula is C12H13ClN2O4. The molecule has 1 aromatic rings. The van der Waals surface area contributed by atoms with Gasteiger partial charge in [0.2, 0.25) is 5.91 Å². The monoisotopic (exact) mass is 284 g/mol. The SMILES string of the molecule is O=C(O)c1ccc(Cl)c(NC(=O)C2CC(O)CN2)c1. The summed E-state index contributed by atoms with van der Waals surface area (Å²) in [7, 11) is 0. The summed E-state index contributed by atoms with van der Waals surface area (Å²) >= 11 is 5.90. The average Bonchev–Trinajstić information content (AvgIpc) is 2.78. The fourth-order valence-electron chi connectivity index (χ4n) is 1.89. The Labute approximate surface area is 114 Å². The molecule has 102 valence electrons. The Balaban J connectivity index is 2.12. The number of rotatable bonds is 3. The summed E-state index contributed by atoms with van der Waals surface area (Å²) in [6, 6.07) is 3.57. The number of anilines is 1. The Hall–Kier alpha value is -1.63. The molecule has 7 heteroatoms. The molecule has 1 fully saturated rings. The molecule has 0 aromatic heterocycles. The van der Waals surface area contributed by atoms with Crippen LogP contribution in [-0.2, 0) is 4.79 Å². The van der Waals surface area contributed by atoms with Crippen LogP contribution in [0.25, 0.3) is 0 Å². The summed E-state index contributed by atoms with van der Waals surface area (Å²) in [4.78, 5) is 22.8. The largest absolute Gasteiger partial charge is 0.478 e. The van der Waals surface area contributed by atoms with Crippen molar-refractivity contribution in [3.8, 4) is 0 Å². The molecule has 2 unspecified atom stereocenters. The number of carbonyl (C=O) groups is 2. The van der Waals surface area contributed by atoms with Crippen LogP contribution in [0.5, 0.6) is 0 Å². The van der Waals surface area contributed by atoms with Crippen LogP contribution in [0, 0.1) is 0 Å². The number of hydrogen-bond acceptors (Lipinski definition) is 4. The summed E-state index contributed by atoms with van der Waals surface area (Å²) in [5.74, 6) is -1.44. The van der Waals surface area contributed by atoms with Gasteiger partial charge in [-0.15, -0.1) is 0 Å². The van der Waals surface area contributed by atoms with E-state index in [9.17, 15) is 14.7 Å². The van der Waals surface area contributed by atoms with Crippen LogP contribution in [-0.4, -0.2) is 40.8 Å². The fraction of sp³-hybridized carbons (Fsp3) is 0.333. The number of carbonyl (C=O) groups excluding carboxylic acids is 1. The fourth-order valence-corrected chi connectivity index (χ4v) is 2.06. The Kier molecular flexibility index (Phi) is 4.04. The van der Waals surface area contributed by atoms with E-state index in [0.29, 0.717) is 13.0 Å². The van der Waals surface area contributed by atoms with E-state index in [-0.39, 0.29) is 22.2 Å². The number of aliphatic hydroxyl groups is 1. The van der Waals surface area contributed by atoms with E-state index in [1.165, 1.54) is 18.2 Å². The molecular weight excluding hydrogens is 272 g/mol. The number of benzene rings is 1. The van der Waals surface area contributed by atoms with E-state index in [1.54, 1.807) is 0 Å². The lowest BCUT2D eigenvalue weighted by molar-refractivity contribution is -0.117. The van der Waals surface area contributed by atoms with Crippen LogP contribution in [0.3, 0.4) is 0 Å². The molecule has 1 saturated heterocycles. The van der Waals surface area contributed by atoms with Gasteiger partial charge >= 0.3 is 5.97 Å². The minimum atomic E-state index is -1.10. The first-order valence-electron chi connectivity index (χ1n) is 5.72. The van der Waals surface area contributed by atoms with Crippen LogP contribution in [0.2, 0.25) is 5.02 Å². The average molecular weight is 285 g/mol. The van der Waals surface area contributed by atoms with Gasteiger partial charge in [0.1, 0.15) is 0 Å². The molecule has 0 saturated carbocycles. The van der Waals surface area contributed by atoms with E-state index in [0.717, 1.165) is 0 Å².